The Morgan fingerprint density at radius 2 is 1.04 bits per heavy atom. The maximum atomic E-state index is 12.7. The molecular weight excluding hydrogens is 416 g/mol. The van der Waals surface area contributed by atoms with Gasteiger partial charge in [-0.1, -0.05) is 26.0 Å². The first-order chi connectivity index (χ1) is 12.2. The fraction of sp³-hybridized carbons (Fsp3) is 0.250. The van der Waals surface area contributed by atoms with Crippen molar-refractivity contribution in [3.8, 4) is 0 Å². The van der Waals surface area contributed by atoms with Crippen molar-refractivity contribution in [1.29, 1.82) is 0 Å². The number of hydrogen-bond acceptors (Lipinski definition) is 7. The van der Waals surface area contributed by atoms with E-state index in [2.05, 4.69) is 0 Å². The Labute approximate surface area is 160 Å². The minimum absolute atomic E-state index is 0.163. The zero-order chi connectivity index (χ0) is 21.2. The molecular formula is C16H22O8S3. The van der Waals surface area contributed by atoms with Gasteiger partial charge in [-0.2, -0.15) is 8.42 Å². The number of benzene rings is 2. The van der Waals surface area contributed by atoms with E-state index in [0.29, 0.717) is 0 Å². The summed E-state index contributed by atoms with van der Waals surface area (Å²) < 4.78 is 85.5. The van der Waals surface area contributed by atoms with E-state index in [1.807, 2.05) is 13.8 Å². The molecule has 11 heteroatoms. The molecule has 4 N–H and O–H groups in total. The molecule has 2 aromatic rings. The second-order valence-corrected chi connectivity index (χ2v) is 10.2. The van der Waals surface area contributed by atoms with Crippen LogP contribution < -0.4 is 0 Å². The molecule has 0 heterocycles. The summed E-state index contributed by atoms with van der Waals surface area (Å²) in [5.41, 5.74) is 0.430. The van der Waals surface area contributed by atoms with Gasteiger partial charge in [-0.15, -0.1) is 0 Å². The molecule has 0 unspecified atom stereocenters. The van der Waals surface area contributed by atoms with Crippen molar-refractivity contribution >= 4 is 30.8 Å². The Morgan fingerprint density at radius 1 is 0.667 bits per heavy atom. The smallest absolute Gasteiger partial charge is 0.294 e. The fourth-order valence-corrected chi connectivity index (χ4v) is 5.20. The monoisotopic (exact) mass is 438 g/mol. The van der Waals surface area contributed by atoms with E-state index < -0.39 is 40.6 Å². The summed E-state index contributed by atoms with van der Waals surface area (Å²) in [7, 11) is -13.0. The molecule has 0 spiro atoms. The van der Waals surface area contributed by atoms with Crippen molar-refractivity contribution in [2.24, 2.45) is 0 Å². The van der Waals surface area contributed by atoms with Gasteiger partial charge < -0.3 is 13.7 Å². The van der Waals surface area contributed by atoms with Gasteiger partial charge in [0, 0.05) is 0 Å². The van der Waals surface area contributed by atoms with Gasteiger partial charge in [0.15, 0.2) is 0 Å². The summed E-state index contributed by atoms with van der Waals surface area (Å²) in [6.45, 7) is 6.85. The molecule has 27 heavy (non-hydrogen) atoms. The van der Waals surface area contributed by atoms with Crippen LogP contribution >= 0.6 is 10.9 Å². The summed E-state index contributed by atoms with van der Waals surface area (Å²) >= 11 is 0. The number of sulfone groups is 1. The van der Waals surface area contributed by atoms with Gasteiger partial charge >= 0.3 is 0 Å². The lowest BCUT2D eigenvalue weighted by Gasteiger charge is -2.22. The number of aryl methyl sites for hydroxylation is 2. The summed E-state index contributed by atoms with van der Waals surface area (Å²) in [5, 5.41) is 0. The summed E-state index contributed by atoms with van der Waals surface area (Å²) in [6, 6.07) is 6.58. The van der Waals surface area contributed by atoms with Crippen LogP contribution in [0.4, 0.5) is 0 Å². The quantitative estimate of drug-likeness (QED) is 0.523. The van der Waals surface area contributed by atoms with E-state index in [4.69, 9.17) is 0 Å². The lowest BCUT2D eigenvalue weighted by atomic mass is 10.2. The molecule has 0 saturated carbocycles. The first kappa shape index (κ1) is 23.6. The second kappa shape index (κ2) is 8.27. The van der Waals surface area contributed by atoms with Crippen LogP contribution in [0.1, 0.15) is 25.0 Å². The average molecular weight is 439 g/mol. The van der Waals surface area contributed by atoms with Gasteiger partial charge in [0.25, 0.3) is 10.1 Å². The van der Waals surface area contributed by atoms with Crippen molar-refractivity contribution in [3.63, 3.8) is 0 Å². The highest BCUT2D eigenvalue weighted by Crippen LogP contribution is 2.46. The van der Waals surface area contributed by atoms with Crippen LogP contribution in [0.25, 0.3) is 0 Å². The van der Waals surface area contributed by atoms with Crippen molar-refractivity contribution in [2.45, 2.75) is 47.3 Å². The maximum absolute atomic E-state index is 12.7. The van der Waals surface area contributed by atoms with Gasteiger partial charge in [0.2, 0.25) is 9.84 Å². The molecule has 0 aliphatic heterocycles. The average Bonchev–Trinajstić information content (AvgIpc) is 2.55. The predicted octanol–water partition coefficient (Wildman–Crippen LogP) is 3.99. The van der Waals surface area contributed by atoms with Crippen molar-refractivity contribution in [3.05, 3.63) is 47.5 Å². The Balaban J connectivity index is 0.00000176. The van der Waals surface area contributed by atoms with Gasteiger partial charge in [-0.05, 0) is 49.2 Å². The third-order valence-electron chi connectivity index (χ3n) is 3.51. The third kappa shape index (κ3) is 5.29. The lowest BCUT2D eigenvalue weighted by Crippen LogP contribution is -2.08. The Hall–Kier alpha value is -1.47. The van der Waals surface area contributed by atoms with Gasteiger partial charge in [0.05, 0.1) is 19.6 Å². The molecule has 0 aromatic heterocycles. The molecule has 152 valence electrons. The van der Waals surface area contributed by atoms with Crippen LogP contribution in [-0.4, -0.2) is 35.0 Å². The molecule has 8 nitrogen and oxygen atoms in total. The molecule has 0 aliphatic carbocycles. The standard InChI is InChI=1S/C14H16O8S3.C2H6/c1-9-3-5-11(7-13(9)24(17,18)19)23(15,16)12-6-4-10(2)14(8-12)25(20,21)22;1-2/h3-8,17-19H,1-2H3,(H,20,21,22);1-2H3. The fourth-order valence-electron chi connectivity index (χ4n) is 2.20. The molecule has 0 bridgehead atoms. The molecule has 0 atom stereocenters. The topological polar surface area (TPSA) is 149 Å². The highest BCUT2D eigenvalue weighted by atomic mass is 32.3. The second-order valence-electron chi connectivity index (χ2n) is 5.35. The lowest BCUT2D eigenvalue weighted by molar-refractivity contribution is 0.375. The van der Waals surface area contributed by atoms with E-state index in [1.54, 1.807) is 0 Å². The Bertz CT molecular complexity index is 1040. The third-order valence-corrected chi connectivity index (χ3v) is 7.29. The van der Waals surface area contributed by atoms with Crippen molar-refractivity contribution in [2.75, 3.05) is 0 Å². The summed E-state index contributed by atoms with van der Waals surface area (Å²) in [6.07, 6.45) is 0. The number of rotatable bonds is 4. The van der Waals surface area contributed by atoms with Gasteiger partial charge in [-0.3, -0.25) is 4.55 Å². The number of hydrogen-bond donors (Lipinski definition) is 4. The Morgan fingerprint density at radius 3 is 1.41 bits per heavy atom. The molecule has 2 rings (SSSR count). The van der Waals surface area contributed by atoms with Crippen molar-refractivity contribution in [1.82, 2.24) is 0 Å². The van der Waals surface area contributed by atoms with Crippen LogP contribution in [0.2, 0.25) is 0 Å². The Kier molecular flexibility index (Phi) is 7.22. The predicted molar refractivity (Wildman–Crippen MR) is 103 cm³/mol. The SMILES string of the molecule is CC.Cc1ccc(S(=O)(=O)c2ccc(C)c(S(=O)(=O)O)c2)cc1S(O)(O)O. The minimum Gasteiger partial charge on any atom is -0.304 e. The molecule has 0 fully saturated rings. The van der Waals surface area contributed by atoms with E-state index in [1.165, 1.54) is 32.0 Å². The van der Waals surface area contributed by atoms with Crippen LogP contribution in [0.15, 0.2) is 56.0 Å². The maximum Gasteiger partial charge on any atom is 0.294 e. The van der Waals surface area contributed by atoms with Crippen LogP contribution in [-0.2, 0) is 20.0 Å². The van der Waals surface area contributed by atoms with Crippen LogP contribution in [0.3, 0.4) is 0 Å². The normalized spacial score (nSPS) is 12.9. The highest BCUT2D eigenvalue weighted by molar-refractivity contribution is 8.19. The molecule has 0 saturated heterocycles. The van der Waals surface area contributed by atoms with Gasteiger partial charge in [0.1, 0.15) is 10.9 Å². The van der Waals surface area contributed by atoms with E-state index in [-0.39, 0.29) is 20.9 Å². The van der Waals surface area contributed by atoms with Gasteiger partial charge in [-0.25, -0.2) is 8.42 Å². The van der Waals surface area contributed by atoms with Crippen LogP contribution in [0.5, 0.6) is 0 Å². The zero-order valence-electron chi connectivity index (χ0n) is 15.1. The largest absolute Gasteiger partial charge is 0.304 e. The summed E-state index contributed by atoms with van der Waals surface area (Å²) in [4.78, 5) is -1.68. The summed E-state index contributed by atoms with van der Waals surface area (Å²) in [5.74, 6) is 0. The molecule has 0 amide bonds. The molecule has 2 aromatic carbocycles. The van der Waals surface area contributed by atoms with E-state index in [9.17, 15) is 35.0 Å². The van der Waals surface area contributed by atoms with E-state index >= 15 is 0 Å². The minimum atomic E-state index is -4.62. The zero-order valence-corrected chi connectivity index (χ0v) is 17.6. The first-order valence-electron chi connectivity index (χ1n) is 7.69. The van der Waals surface area contributed by atoms with Crippen LogP contribution in [0, 0.1) is 13.8 Å². The first-order valence-corrected chi connectivity index (χ1v) is 12.1. The van der Waals surface area contributed by atoms with Crippen molar-refractivity contribution < 1.29 is 35.0 Å². The van der Waals surface area contributed by atoms with E-state index in [0.717, 1.165) is 18.2 Å². The molecule has 0 radical (unpaired) electrons. The molecule has 0 aliphatic rings. The highest BCUT2D eigenvalue weighted by Gasteiger charge is 2.26.